The first-order chi connectivity index (χ1) is 24.6. The number of morpholine rings is 1. The zero-order chi connectivity index (χ0) is 37.7. The summed E-state index contributed by atoms with van der Waals surface area (Å²) in [7, 11) is 0. The highest BCUT2D eigenvalue weighted by atomic mass is 35.5. The van der Waals surface area contributed by atoms with Gasteiger partial charge in [-0.3, -0.25) is 19.2 Å². The third-order valence-corrected chi connectivity index (χ3v) is 10.3. The average Bonchev–Trinajstić information content (AvgIpc) is 3.82. The lowest BCUT2D eigenvalue weighted by Crippen LogP contribution is -2.56. The minimum atomic E-state index is -1.07. The molecule has 2 aromatic rings. The van der Waals surface area contributed by atoms with Gasteiger partial charge in [-0.1, -0.05) is 36.7 Å². The second kappa shape index (κ2) is 16.7. The van der Waals surface area contributed by atoms with Crippen LogP contribution in [0.2, 0.25) is 5.02 Å². The molecule has 2 heterocycles. The number of carbonyl (C=O) groups excluding carboxylic acids is 5. The van der Waals surface area contributed by atoms with Crippen LogP contribution in [0.25, 0.3) is 0 Å². The lowest BCUT2D eigenvalue weighted by molar-refractivity contribution is -0.145. The standard InChI is InChI=1S/C39H52ClN5O7/c1-23-18-30(23)26-7-8-27-22-45(35(47)12-11-34(46)44-15-16-51-25(3)21-44)33(20-28(27)19-26)37(49)43-32(13-14-41-38(50)52-39(4,5)6)36(48)42-29-9-10-31(40)24(2)17-29/h7-10,17,19,23,25,30,32-33H,11-16,18,20-22H2,1-6H3,(H,41,50)(H,42,48)(H,43,49)/t23?,25-,30+,32+,33+/m1/s1. The van der Waals surface area contributed by atoms with E-state index in [1.165, 1.54) is 10.5 Å². The number of nitrogens with zero attached hydrogens (tertiary/aromatic N) is 2. The van der Waals surface area contributed by atoms with Gasteiger partial charge in [-0.2, -0.15) is 0 Å². The third kappa shape index (κ3) is 10.5. The zero-order valence-electron chi connectivity index (χ0n) is 31.1. The van der Waals surface area contributed by atoms with Crippen LogP contribution in [0.5, 0.6) is 0 Å². The van der Waals surface area contributed by atoms with Gasteiger partial charge in [0.25, 0.3) is 0 Å². The van der Waals surface area contributed by atoms with E-state index in [0.717, 1.165) is 23.1 Å². The number of amides is 5. The van der Waals surface area contributed by atoms with Crippen LogP contribution < -0.4 is 16.0 Å². The van der Waals surface area contributed by atoms with Gasteiger partial charge in [0, 0.05) is 56.2 Å². The summed E-state index contributed by atoms with van der Waals surface area (Å²) < 4.78 is 10.9. The summed E-state index contributed by atoms with van der Waals surface area (Å²) in [6.07, 6.45) is 0.675. The number of hydrogen-bond acceptors (Lipinski definition) is 7. The number of benzene rings is 2. The van der Waals surface area contributed by atoms with Gasteiger partial charge in [-0.05, 0) is 99.7 Å². The second-order valence-electron chi connectivity index (χ2n) is 15.3. The molecule has 12 nitrogen and oxygen atoms in total. The first-order valence-corrected chi connectivity index (χ1v) is 18.6. The fraction of sp³-hybridized carbons (Fsp3) is 0.564. The molecule has 5 atom stereocenters. The molecule has 1 aliphatic carbocycles. The topological polar surface area (TPSA) is 146 Å². The van der Waals surface area contributed by atoms with Crippen molar-refractivity contribution in [1.29, 1.82) is 0 Å². The monoisotopic (exact) mass is 737 g/mol. The molecule has 2 aromatic carbocycles. The van der Waals surface area contributed by atoms with Crippen LogP contribution in [0.4, 0.5) is 10.5 Å². The van der Waals surface area contributed by atoms with Crippen molar-refractivity contribution in [3.8, 4) is 0 Å². The van der Waals surface area contributed by atoms with Gasteiger partial charge in [0.2, 0.25) is 23.6 Å². The summed E-state index contributed by atoms with van der Waals surface area (Å²) in [5.74, 6) is -0.355. The molecule has 5 rings (SSSR count). The Bertz CT molecular complexity index is 1680. The molecule has 3 aliphatic rings. The van der Waals surface area contributed by atoms with E-state index in [-0.39, 0.29) is 56.7 Å². The van der Waals surface area contributed by atoms with E-state index < -0.39 is 35.6 Å². The molecule has 1 unspecified atom stereocenters. The SMILES string of the molecule is Cc1cc(NC(=O)[C@H](CCNC(=O)OC(C)(C)C)NC(=O)[C@@H]2Cc3cc([C@H]4CC4C)ccc3CN2C(=O)CCC(=O)N2CCO[C@H](C)C2)ccc1Cl. The summed E-state index contributed by atoms with van der Waals surface area (Å²) in [5, 5.41) is 8.96. The smallest absolute Gasteiger partial charge is 0.407 e. The van der Waals surface area contributed by atoms with E-state index in [2.05, 4.69) is 35.0 Å². The van der Waals surface area contributed by atoms with Gasteiger partial charge in [-0.15, -0.1) is 0 Å². The Morgan fingerprint density at radius 3 is 2.42 bits per heavy atom. The molecule has 1 saturated carbocycles. The maximum Gasteiger partial charge on any atom is 0.407 e. The molecule has 52 heavy (non-hydrogen) atoms. The Morgan fingerprint density at radius 2 is 1.75 bits per heavy atom. The molecule has 2 aliphatic heterocycles. The molecule has 3 N–H and O–H groups in total. The number of carbonyl (C=O) groups is 5. The molecular weight excluding hydrogens is 686 g/mol. The van der Waals surface area contributed by atoms with E-state index >= 15 is 0 Å². The Labute approximate surface area is 311 Å². The van der Waals surface area contributed by atoms with Gasteiger partial charge in [0.1, 0.15) is 17.7 Å². The maximum absolute atomic E-state index is 14.3. The molecule has 0 radical (unpaired) electrons. The normalized spacial score (nSPS) is 21.8. The van der Waals surface area contributed by atoms with Gasteiger partial charge in [-0.25, -0.2) is 4.79 Å². The molecule has 0 bridgehead atoms. The van der Waals surface area contributed by atoms with Crippen molar-refractivity contribution in [2.75, 3.05) is 31.6 Å². The summed E-state index contributed by atoms with van der Waals surface area (Å²) in [6.45, 7) is 12.8. The molecule has 282 valence electrons. The van der Waals surface area contributed by atoms with Gasteiger partial charge >= 0.3 is 6.09 Å². The predicted molar refractivity (Wildman–Crippen MR) is 198 cm³/mol. The number of ether oxygens (including phenoxy) is 2. The number of hydrogen-bond donors (Lipinski definition) is 3. The zero-order valence-corrected chi connectivity index (χ0v) is 31.8. The molecular formula is C39H52ClN5O7. The number of rotatable bonds is 11. The average molecular weight is 738 g/mol. The van der Waals surface area contributed by atoms with E-state index in [1.807, 2.05) is 19.9 Å². The van der Waals surface area contributed by atoms with Crippen LogP contribution in [-0.4, -0.2) is 89.6 Å². The fourth-order valence-electron chi connectivity index (χ4n) is 6.80. The van der Waals surface area contributed by atoms with Crippen LogP contribution in [-0.2, 0) is 41.6 Å². The second-order valence-corrected chi connectivity index (χ2v) is 15.7. The lowest BCUT2D eigenvalue weighted by Gasteiger charge is -2.37. The van der Waals surface area contributed by atoms with Gasteiger partial charge < -0.3 is 35.2 Å². The summed E-state index contributed by atoms with van der Waals surface area (Å²) in [5.41, 5.74) is 3.72. The van der Waals surface area contributed by atoms with Crippen molar-refractivity contribution in [3.05, 3.63) is 63.7 Å². The summed E-state index contributed by atoms with van der Waals surface area (Å²) >= 11 is 6.20. The molecule has 0 aromatic heterocycles. The van der Waals surface area contributed by atoms with Crippen LogP contribution in [0.1, 0.15) is 88.5 Å². The number of fused-ring (bicyclic) bond motifs is 1. The molecule has 13 heteroatoms. The van der Waals surface area contributed by atoms with Crippen molar-refractivity contribution in [2.24, 2.45) is 5.92 Å². The minimum Gasteiger partial charge on any atom is -0.444 e. The Morgan fingerprint density at radius 1 is 1.02 bits per heavy atom. The molecule has 1 saturated heterocycles. The van der Waals surface area contributed by atoms with Crippen molar-refractivity contribution < 1.29 is 33.4 Å². The lowest BCUT2D eigenvalue weighted by atomic mass is 9.90. The van der Waals surface area contributed by atoms with Crippen LogP contribution in [0.15, 0.2) is 36.4 Å². The third-order valence-electron chi connectivity index (χ3n) is 9.83. The van der Waals surface area contributed by atoms with Crippen LogP contribution in [0, 0.1) is 12.8 Å². The highest BCUT2D eigenvalue weighted by Crippen LogP contribution is 2.47. The van der Waals surface area contributed by atoms with Crippen molar-refractivity contribution in [1.82, 2.24) is 20.4 Å². The first kappa shape index (κ1) is 39.1. The highest BCUT2D eigenvalue weighted by molar-refractivity contribution is 6.31. The number of anilines is 1. The van der Waals surface area contributed by atoms with Crippen LogP contribution in [0.3, 0.4) is 0 Å². The fourth-order valence-corrected chi connectivity index (χ4v) is 6.92. The largest absolute Gasteiger partial charge is 0.444 e. The number of alkyl carbamates (subject to hydrolysis) is 1. The summed E-state index contributed by atoms with van der Waals surface area (Å²) in [4.78, 5) is 70.6. The van der Waals surface area contributed by atoms with E-state index in [4.69, 9.17) is 21.1 Å². The Hall–Kier alpha value is -4.16. The highest BCUT2D eigenvalue weighted by Gasteiger charge is 2.39. The maximum atomic E-state index is 14.3. The minimum absolute atomic E-state index is 0.0175. The van der Waals surface area contributed by atoms with Crippen LogP contribution >= 0.6 is 11.6 Å². The summed E-state index contributed by atoms with van der Waals surface area (Å²) in [6, 6.07) is 9.37. The van der Waals surface area contributed by atoms with E-state index in [1.54, 1.807) is 43.9 Å². The van der Waals surface area contributed by atoms with E-state index in [9.17, 15) is 24.0 Å². The number of aryl methyl sites for hydroxylation is 1. The molecule has 5 amide bonds. The quantitative estimate of drug-likeness (QED) is 0.291. The van der Waals surface area contributed by atoms with Crippen molar-refractivity contribution in [3.63, 3.8) is 0 Å². The molecule has 2 fully saturated rings. The number of nitrogens with one attached hydrogen (secondary N) is 3. The Balaban J connectivity index is 1.34. The van der Waals surface area contributed by atoms with Crippen molar-refractivity contribution >= 4 is 47.0 Å². The van der Waals surface area contributed by atoms with Crippen molar-refractivity contribution in [2.45, 2.75) is 110 Å². The molecule has 0 spiro atoms. The first-order valence-electron chi connectivity index (χ1n) is 18.2. The Kier molecular flexibility index (Phi) is 12.5. The van der Waals surface area contributed by atoms with Gasteiger partial charge in [0.15, 0.2) is 0 Å². The van der Waals surface area contributed by atoms with E-state index in [0.29, 0.717) is 42.2 Å². The van der Waals surface area contributed by atoms with Gasteiger partial charge in [0.05, 0.1) is 12.7 Å². The predicted octanol–water partition coefficient (Wildman–Crippen LogP) is 5.09. The number of halogens is 1.